The molecule has 0 N–H and O–H groups in total. The second-order valence-electron chi connectivity index (χ2n) is 7.57. The van der Waals surface area contributed by atoms with Crippen molar-refractivity contribution in [2.24, 2.45) is 7.05 Å². The molecule has 0 bridgehead atoms. The number of fused-ring (bicyclic) bond motifs is 1. The van der Waals surface area contributed by atoms with Crippen molar-refractivity contribution >= 4 is 21.6 Å². The lowest BCUT2D eigenvalue weighted by Crippen LogP contribution is -2.36. The third kappa shape index (κ3) is 3.79. The topological polar surface area (TPSA) is 103 Å². The first-order valence-electron chi connectivity index (χ1n) is 10.2. The number of benzene rings is 2. The molecule has 0 atom stereocenters. The van der Waals surface area contributed by atoms with Crippen LogP contribution in [0.15, 0.2) is 57.9 Å². The molecule has 1 aliphatic rings. The summed E-state index contributed by atoms with van der Waals surface area (Å²) < 4.78 is 40.9. The van der Waals surface area contributed by atoms with Gasteiger partial charge in [0.05, 0.1) is 7.11 Å². The van der Waals surface area contributed by atoms with Crippen LogP contribution in [-0.4, -0.2) is 46.3 Å². The van der Waals surface area contributed by atoms with Gasteiger partial charge in [0, 0.05) is 48.4 Å². The van der Waals surface area contributed by atoms with Crippen molar-refractivity contribution in [3.8, 4) is 28.7 Å². The minimum absolute atomic E-state index is 0.0237. The normalized spacial score (nSPS) is 14.3. The van der Waals surface area contributed by atoms with Crippen LogP contribution in [0.2, 0.25) is 5.02 Å². The number of hydrogen-bond donors (Lipinski definition) is 0. The molecule has 2 aromatic carbocycles. The van der Waals surface area contributed by atoms with Crippen LogP contribution in [0, 0.1) is 0 Å². The zero-order valence-electron chi connectivity index (χ0n) is 17.9. The summed E-state index contributed by atoms with van der Waals surface area (Å²) in [5, 5.41) is 8.94. The average Bonchev–Trinajstić information content (AvgIpc) is 3.44. The summed E-state index contributed by atoms with van der Waals surface area (Å²) in [5.74, 6) is 0.917. The van der Waals surface area contributed by atoms with Crippen molar-refractivity contribution in [2.45, 2.75) is 17.9 Å². The number of ether oxygens (including phenoxy) is 1. The molecule has 3 heterocycles. The lowest BCUT2D eigenvalue weighted by Gasteiger charge is -2.27. The molecule has 2 aromatic heterocycles. The van der Waals surface area contributed by atoms with Crippen molar-refractivity contribution in [2.75, 3.05) is 13.7 Å². The van der Waals surface area contributed by atoms with Crippen molar-refractivity contribution in [1.29, 1.82) is 0 Å². The van der Waals surface area contributed by atoms with Gasteiger partial charge in [0.25, 0.3) is 5.89 Å². The fourth-order valence-electron chi connectivity index (χ4n) is 3.96. The predicted molar refractivity (Wildman–Crippen MR) is 121 cm³/mol. The number of sulfonamides is 1. The van der Waals surface area contributed by atoms with E-state index < -0.39 is 10.0 Å². The van der Waals surface area contributed by atoms with Crippen LogP contribution >= 0.6 is 11.6 Å². The predicted octanol–water partition coefficient (Wildman–Crippen LogP) is 3.55. The van der Waals surface area contributed by atoms with Gasteiger partial charge in [-0.05, 0) is 18.2 Å². The van der Waals surface area contributed by atoms with E-state index in [-0.39, 0.29) is 23.1 Å². The summed E-state index contributed by atoms with van der Waals surface area (Å²) in [5.41, 5.74) is 2.94. The molecule has 0 radical (unpaired) electrons. The Balaban J connectivity index is 1.52. The van der Waals surface area contributed by atoms with E-state index >= 15 is 0 Å². The number of aryl methyl sites for hydroxylation is 1. The van der Waals surface area contributed by atoms with Crippen LogP contribution in [0.5, 0.6) is 5.75 Å². The summed E-state index contributed by atoms with van der Waals surface area (Å²) >= 11 is 6.08. The third-order valence-corrected chi connectivity index (χ3v) is 7.71. The Labute approximate surface area is 195 Å². The van der Waals surface area contributed by atoms with E-state index in [1.807, 2.05) is 37.4 Å². The Kier molecular flexibility index (Phi) is 5.43. The molecule has 11 heteroatoms. The minimum atomic E-state index is -3.88. The van der Waals surface area contributed by atoms with Gasteiger partial charge in [0.2, 0.25) is 15.8 Å². The monoisotopic (exact) mass is 485 g/mol. The van der Waals surface area contributed by atoms with E-state index in [1.54, 1.807) is 16.8 Å². The Morgan fingerprint density at radius 3 is 2.70 bits per heavy atom. The SMILES string of the molecule is COc1ccc(Cl)cc1S(=O)(=O)N1CCc2c(c(-c3nc(-c4ccccc4)no3)nn2C)C1. The van der Waals surface area contributed by atoms with E-state index in [0.29, 0.717) is 29.5 Å². The van der Waals surface area contributed by atoms with Crippen LogP contribution in [0.4, 0.5) is 0 Å². The van der Waals surface area contributed by atoms with Crippen LogP contribution in [0.1, 0.15) is 11.3 Å². The number of rotatable bonds is 5. The van der Waals surface area contributed by atoms with E-state index in [2.05, 4.69) is 15.2 Å². The van der Waals surface area contributed by atoms with Crippen LogP contribution in [0.25, 0.3) is 23.0 Å². The largest absolute Gasteiger partial charge is 0.495 e. The first kappa shape index (κ1) is 21.6. The summed E-state index contributed by atoms with van der Waals surface area (Å²) in [6.45, 7) is 0.405. The standard InChI is InChI=1S/C22H20ClN5O4S/c1-27-17-10-11-28(33(29,30)19-12-15(23)8-9-18(19)31-2)13-16(17)20(25-27)22-24-21(26-32-22)14-6-4-3-5-7-14/h3-9,12H,10-11,13H2,1-2H3. The van der Waals surface area contributed by atoms with E-state index in [1.165, 1.54) is 17.5 Å². The van der Waals surface area contributed by atoms with E-state index in [0.717, 1.165) is 16.8 Å². The number of halogens is 1. The molecule has 0 unspecified atom stereocenters. The quantitative estimate of drug-likeness (QED) is 0.426. The number of methoxy groups -OCH3 is 1. The van der Waals surface area contributed by atoms with Gasteiger partial charge in [0.15, 0.2) is 5.69 Å². The number of hydrogen-bond acceptors (Lipinski definition) is 7. The van der Waals surface area contributed by atoms with Gasteiger partial charge in [0.1, 0.15) is 10.6 Å². The maximum Gasteiger partial charge on any atom is 0.279 e. The molecular formula is C22H20ClN5O4S. The van der Waals surface area contributed by atoms with Crippen molar-refractivity contribution in [3.05, 3.63) is 64.8 Å². The van der Waals surface area contributed by atoms with Crippen LogP contribution < -0.4 is 4.74 Å². The Morgan fingerprint density at radius 2 is 1.94 bits per heavy atom. The molecule has 170 valence electrons. The van der Waals surface area contributed by atoms with E-state index in [4.69, 9.17) is 20.9 Å². The molecule has 0 spiro atoms. The maximum absolute atomic E-state index is 13.5. The van der Waals surface area contributed by atoms with E-state index in [9.17, 15) is 8.42 Å². The molecular weight excluding hydrogens is 466 g/mol. The average molecular weight is 486 g/mol. The van der Waals surface area contributed by atoms with Gasteiger partial charge >= 0.3 is 0 Å². The highest BCUT2D eigenvalue weighted by Gasteiger charge is 2.35. The minimum Gasteiger partial charge on any atom is -0.495 e. The zero-order valence-corrected chi connectivity index (χ0v) is 19.5. The van der Waals surface area contributed by atoms with Gasteiger partial charge < -0.3 is 9.26 Å². The fourth-order valence-corrected chi connectivity index (χ4v) is 5.79. The van der Waals surface area contributed by atoms with Gasteiger partial charge in [-0.3, -0.25) is 4.68 Å². The van der Waals surface area contributed by atoms with Crippen LogP contribution in [0.3, 0.4) is 0 Å². The zero-order chi connectivity index (χ0) is 23.2. The molecule has 0 saturated carbocycles. The smallest absolute Gasteiger partial charge is 0.279 e. The molecule has 4 aromatic rings. The Morgan fingerprint density at radius 1 is 1.15 bits per heavy atom. The molecule has 0 amide bonds. The van der Waals surface area contributed by atoms with Crippen molar-refractivity contribution < 1.29 is 17.7 Å². The van der Waals surface area contributed by atoms with Crippen molar-refractivity contribution in [1.82, 2.24) is 24.2 Å². The molecule has 0 aliphatic carbocycles. The molecule has 0 fully saturated rings. The van der Waals surface area contributed by atoms with Crippen molar-refractivity contribution in [3.63, 3.8) is 0 Å². The molecule has 9 nitrogen and oxygen atoms in total. The Hall–Kier alpha value is -3.21. The molecule has 33 heavy (non-hydrogen) atoms. The maximum atomic E-state index is 13.5. The second kappa shape index (κ2) is 8.29. The van der Waals surface area contributed by atoms with Gasteiger partial charge in [-0.25, -0.2) is 8.42 Å². The van der Waals surface area contributed by atoms with Gasteiger partial charge in [-0.15, -0.1) is 0 Å². The Bertz CT molecular complexity index is 1430. The van der Waals surface area contributed by atoms with Crippen LogP contribution in [-0.2, 0) is 30.0 Å². The summed E-state index contributed by atoms with van der Waals surface area (Å²) in [6.07, 6.45) is 0.487. The highest BCUT2D eigenvalue weighted by atomic mass is 35.5. The summed E-state index contributed by atoms with van der Waals surface area (Å²) in [6, 6.07) is 14.0. The summed E-state index contributed by atoms with van der Waals surface area (Å²) in [7, 11) is -0.631. The first-order valence-corrected chi connectivity index (χ1v) is 12.0. The molecule has 0 saturated heterocycles. The van der Waals surface area contributed by atoms with Gasteiger partial charge in [-0.2, -0.15) is 14.4 Å². The molecule has 5 rings (SSSR count). The first-order chi connectivity index (χ1) is 15.9. The number of nitrogens with zero attached hydrogens (tertiary/aromatic N) is 5. The highest BCUT2D eigenvalue weighted by molar-refractivity contribution is 7.89. The lowest BCUT2D eigenvalue weighted by molar-refractivity contribution is 0.374. The molecule has 1 aliphatic heterocycles. The summed E-state index contributed by atoms with van der Waals surface area (Å²) in [4.78, 5) is 4.52. The number of aromatic nitrogens is 4. The highest BCUT2D eigenvalue weighted by Crippen LogP contribution is 2.35. The second-order valence-corrected chi connectivity index (χ2v) is 9.91. The van der Waals surface area contributed by atoms with Gasteiger partial charge in [-0.1, -0.05) is 47.1 Å². The fraction of sp³-hybridized carbons (Fsp3) is 0.227. The lowest BCUT2D eigenvalue weighted by atomic mass is 10.1. The third-order valence-electron chi connectivity index (χ3n) is 5.61.